The van der Waals surface area contributed by atoms with Crippen LogP contribution in [0.1, 0.15) is 12.0 Å². The van der Waals surface area contributed by atoms with Crippen LogP contribution < -0.4 is 10.2 Å². The fraction of sp³-hybridized carbons (Fsp3) is 0.300. The van der Waals surface area contributed by atoms with Crippen LogP contribution in [0, 0.1) is 0 Å². The first-order valence-corrected chi connectivity index (χ1v) is 4.27. The zero-order valence-electron chi connectivity index (χ0n) is 7.12. The second-order valence-electron chi connectivity index (χ2n) is 3.05. The fourth-order valence-corrected chi connectivity index (χ4v) is 1.47. The third-order valence-electron chi connectivity index (χ3n) is 2.12. The van der Waals surface area contributed by atoms with Crippen molar-refractivity contribution >= 4 is 0 Å². The van der Waals surface area contributed by atoms with E-state index < -0.39 is 0 Å². The summed E-state index contributed by atoms with van der Waals surface area (Å²) in [5.41, 5.74) is 0.522. The van der Waals surface area contributed by atoms with Crippen LogP contribution in [0.3, 0.4) is 0 Å². The molecule has 0 aromatic heterocycles. The van der Waals surface area contributed by atoms with Crippen LogP contribution in [0.5, 0.6) is 11.5 Å². The highest BCUT2D eigenvalue weighted by atomic mass is 16.5. The number of hydrogen-bond acceptors (Lipinski definition) is 3. The van der Waals surface area contributed by atoms with E-state index in [0.29, 0.717) is 12.4 Å². The van der Waals surface area contributed by atoms with Crippen LogP contribution >= 0.6 is 0 Å². The summed E-state index contributed by atoms with van der Waals surface area (Å²) in [7, 11) is 0. The third-order valence-corrected chi connectivity index (χ3v) is 2.12. The molecule has 68 valence electrons. The molecule has 0 saturated heterocycles. The Kier molecular flexibility index (Phi) is 1.93. The van der Waals surface area contributed by atoms with E-state index in [1.54, 1.807) is 6.07 Å². The Bertz CT molecular complexity index is 385. The molecule has 0 atom stereocenters. The molecule has 0 amide bonds. The van der Waals surface area contributed by atoms with Gasteiger partial charge in [-0.05, 0) is 24.5 Å². The minimum absolute atomic E-state index is 0.264. The van der Waals surface area contributed by atoms with Gasteiger partial charge in [0.25, 0.3) is 0 Å². The predicted molar refractivity (Wildman–Crippen MR) is 48.2 cm³/mol. The molecule has 3 heteroatoms. The van der Waals surface area contributed by atoms with E-state index in [0.717, 1.165) is 18.4 Å². The first-order valence-electron chi connectivity index (χ1n) is 4.27. The van der Waals surface area contributed by atoms with Crippen LogP contribution in [0.2, 0.25) is 0 Å². The number of aromatic hydroxyl groups is 1. The van der Waals surface area contributed by atoms with E-state index in [1.807, 2.05) is 6.07 Å². The molecule has 1 heterocycles. The van der Waals surface area contributed by atoms with Gasteiger partial charge in [0.1, 0.15) is 0 Å². The van der Waals surface area contributed by atoms with E-state index in [1.165, 1.54) is 6.07 Å². The number of ether oxygens (including phenoxy) is 1. The van der Waals surface area contributed by atoms with Gasteiger partial charge in [-0.15, -0.1) is 0 Å². The molecule has 0 aliphatic carbocycles. The lowest BCUT2D eigenvalue weighted by atomic mass is 10.1. The Morgan fingerprint density at radius 2 is 2.23 bits per heavy atom. The summed E-state index contributed by atoms with van der Waals surface area (Å²) >= 11 is 0. The molecule has 1 N–H and O–H groups in total. The SMILES string of the molecule is O=c1cccc2c(c1O)OCCC2. The van der Waals surface area contributed by atoms with Gasteiger partial charge in [-0.1, -0.05) is 12.1 Å². The molecule has 13 heavy (non-hydrogen) atoms. The van der Waals surface area contributed by atoms with Gasteiger partial charge >= 0.3 is 0 Å². The highest BCUT2D eigenvalue weighted by Crippen LogP contribution is 2.29. The van der Waals surface area contributed by atoms with E-state index in [9.17, 15) is 9.90 Å². The molecule has 1 aliphatic heterocycles. The van der Waals surface area contributed by atoms with Crippen molar-refractivity contribution in [3.63, 3.8) is 0 Å². The molecule has 0 bridgehead atoms. The zero-order valence-corrected chi connectivity index (χ0v) is 7.12. The van der Waals surface area contributed by atoms with Gasteiger partial charge in [0.05, 0.1) is 6.61 Å². The highest BCUT2D eigenvalue weighted by Gasteiger charge is 2.14. The molecule has 0 unspecified atom stereocenters. The zero-order chi connectivity index (χ0) is 9.26. The predicted octanol–water partition coefficient (Wildman–Crippen LogP) is 1.08. The minimum Gasteiger partial charge on any atom is -0.502 e. The van der Waals surface area contributed by atoms with Crippen LogP contribution in [0.15, 0.2) is 23.0 Å². The van der Waals surface area contributed by atoms with Gasteiger partial charge in [0.2, 0.25) is 11.2 Å². The number of aryl methyl sites for hydroxylation is 1. The minimum atomic E-state index is -0.386. The Morgan fingerprint density at radius 1 is 1.38 bits per heavy atom. The molecule has 2 rings (SSSR count). The molecule has 0 radical (unpaired) electrons. The van der Waals surface area contributed by atoms with Gasteiger partial charge in [-0.2, -0.15) is 0 Å². The topological polar surface area (TPSA) is 46.5 Å². The van der Waals surface area contributed by atoms with E-state index in [-0.39, 0.29) is 11.2 Å². The lowest BCUT2D eigenvalue weighted by molar-refractivity contribution is 0.273. The molecule has 1 aliphatic rings. The second kappa shape index (κ2) is 3.09. The van der Waals surface area contributed by atoms with Crippen molar-refractivity contribution in [2.24, 2.45) is 0 Å². The first-order chi connectivity index (χ1) is 6.29. The standard InChI is InChI=1S/C10H10O3/c11-8-5-1-3-7-4-2-6-13-10(7)9(8)12/h1,3,5H,2,4,6H2,(H,11,12). The lowest BCUT2D eigenvalue weighted by Crippen LogP contribution is -2.08. The largest absolute Gasteiger partial charge is 0.502 e. The van der Waals surface area contributed by atoms with Crippen molar-refractivity contribution in [1.29, 1.82) is 0 Å². The van der Waals surface area contributed by atoms with Crippen molar-refractivity contribution in [2.75, 3.05) is 6.61 Å². The summed E-state index contributed by atoms with van der Waals surface area (Å²) in [6.45, 7) is 0.573. The summed E-state index contributed by atoms with van der Waals surface area (Å²) in [6.07, 6.45) is 1.79. The maximum absolute atomic E-state index is 11.2. The Labute approximate surface area is 75.6 Å². The summed E-state index contributed by atoms with van der Waals surface area (Å²) < 4.78 is 5.25. The lowest BCUT2D eigenvalue weighted by Gasteiger charge is -2.15. The summed E-state index contributed by atoms with van der Waals surface area (Å²) in [5, 5.41) is 9.47. The van der Waals surface area contributed by atoms with E-state index >= 15 is 0 Å². The molecular weight excluding hydrogens is 168 g/mol. The molecule has 1 aromatic carbocycles. The maximum Gasteiger partial charge on any atom is 0.224 e. The van der Waals surface area contributed by atoms with Crippen molar-refractivity contribution < 1.29 is 9.84 Å². The van der Waals surface area contributed by atoms with Crippen molar-refractivity contribution in [3.8, 4) is 11.5 Å². The fourth-order valence-electron chi connectivity index (χ4n) is 1.47. The van der Waals surface area contributed by atoms with Crippen LogP contribution in [0.25, 0.3) is 0 Å². The average Bonchev–Trinajstić information content (AvgIpc) is 2.29. The molecular formula is C10H10O3. The Hall–Kier alpha value is -1.51. The van der Waals surface area contributed by atoms with Crippen molar-refractivity contribution in [1.82, 2.24) is 0 Å². The van der Waals surface area contributed by atoms with E-state index in [4.69, 9.17) is 4.74 Å². The Morgan fingerprint density at radius 3 is 3.08 bits per heavy atom. The van der Waals surface area contributed by atoms with E-state index in [2.05, 4.69) is 0 Å². The summed E-state index contributed by atoms with van der Waals surface area (Å²) in [6, 6.07) is 4.81. The number of hydrogen-bond donors (Lipinski definition) is 1. The smallest absolute Gasteiger partial charge is 0.224 e. The highest BCUT2D eigenvalue weighted by molar-refractivity contribution is 5.45. The summed E-state index contributed by atoms with van der Waals surface area (Å²) in [4.78, 5) is 11.2. The van der Waals surface area contributed by atoms with Crippen molar-refractivity contribution in [3.05, 3.63) is 34.0 Å². The average molecular weight is 178 g/mol. The molecule has 0 spiro atoms. The normalized spacial score (nSPS) is 14.5. The molecule has 0 saturated carbocycles. The van der Waals surface area contributed by atoms with Crippen LogP contribution in [0.4, 0.5) is 0 Å². The van der Waals surface area contributed by atoms with Gasteiger partial charge in [-0.25, -0.2) is 0 Å². The summed E-state index contributed by atoms with van der Waals surface area (Å²) in [5.74, 6) is 0.0981. The van der Waals surface area contributed by atoms with Gasteiger partial charge in [-0.3, -0.25) is 4.79 Å². The molecule has 0 fully saturated rings. The monoisotopic (exact) mass is 178 g/mol. The quantitative estimate of drug-likeness (QED) is 0.646. The Balaban J connectivity index is 2.70. The van der Waals surface area contributed by atoms with Crippen LogP contribution in [-0.2, 0) is 6.42 Å². The van der Waals surface area contributed by atoms with Gasteiger partial charge in [0, 0.05) is 0 Å². The van der Waals surface area contributed by atoms with Crippen LogP contribution in [-0.4, -0.2) is 11.7 Å². The molecule has 1 aromatic rings. The number of rotatable bonds is 0. The van der Waals surface area contributed by atoms with Gasteiger partial charge < -0.3 is 9.84 Å². The third kappa shape index (κ3) is 1.37. The maximum atomic E-state index is 11.2. The van der Waals surface area contributed by atoms with Gasteiger partial charge in [0.15, 0.2) is 5.75 Å². The number of fused-ring (bicyclic) bond motifs is 1. The first kappa shape index (κ1) is 8.10. The second-order valence-corrected chi connectivity index (χ2v) is 3.05. The molecule has 3 nitrogen and oxygen atoms in total. The van der Waals surface area contributed by atoms with Crippen molar-refractivity contribution in [2.45, 2.75) is 12.8 Å².